The molecule has 0 unspecified atom stereocenters. The summed E-state index contributed by atoms with van der Waals surface area (Å²) in [5.41, 5.74) is 0.681. The molecule has 0 saturated heterocycles. The summed E-state index contributed by atoms with van der Waals surface area (Å²) in [6.45, 7) is 9.01. The summed E-state index contributed by atoms with van der Waals surface area (Å²) in [4.78, 5) is 0. The fourth-order valence-electron chi connectivity index (χ4n) is 10.5. The van der Waals surface area contributed by atoms with E-state index in [9.17, 15) is 26.3 Å². The van der Waals surface area contributed by atoms with Crippen molar-refractivity contribution in [2.24, 2.45) is 35.5 Å². The highest BCUT2D eigenvalue weighted by molar-refractivity contribution is 5.87. The minimum Gasteiger partial charge on any atom is -0.490 e. The molecular weight excluding hydrogens is 771 g/mol. The van der Waals surface area contributed by atoms with Gasteiger partial charge in [-0.15, -0.1) is 0 Å². The van der Waals surface area contributed by atoms with Gasteiger partial charge >= 0.3 is 0 Å². The van der Waals surface area contributed by atoms with E-state index < -0.39 is 34.9 Å². The van der Waals surface area contributed by atoms with Crippen LogP contribution in [-0.4, -0.2) is 13.2 Å². The smallest absolute Gasteiger partial charge is 0.201 e. The Kier molecular flexibility index (Phi) is 17.0. The summed E-state index contributed by atoms with van der Waals surface area (Å²) in [6.07, 6.45) is 22.9. The monoisotopic (exact) mass is 839 g/mol. The normalized spacial score (nSPS) is 23.4. The number of unbranched alkanes of at least 4 members (excludes halogenated alkanes) is 1. The quantitative estimate of drug-likeness (QED) is 0.111. The molecule has 0 bridgehead atoms. The first kappa shape index (κ1) is 46.1. The predicted octanol–water partition coefficient (Wildman–Crippen LogP) is 16.2. The highest BCUT2D eigenvalue weighted by atomic mass is 19.2. The minimum absolute atomic E-state index is 0.0122. The van der Waals surface area contributed by atoms with Gasteiger partial charge in [-0.25, -0.2) is 22.0 Å². The van der Waals surface area contributed by atoms with Crippen LogP contribution in [0.25, 0.3) is 21.5 Å². The first-order valence-electron chi connectivity index (χ1n) is 23.5. The number of fused-ring (bicyclic) bond motifs is 2. The lowest BCUT2D eigenvalue weighted by molar-refractivity contribution is 0.120. The lowest BCUT2D eigenvalue weighted by Crippen LogP contribution is -2.27. The van der Waals surface area contributed by atoms with Crippen molar-refractivity contribution in [3.63, 3.8) is 0 Å². The molecule has 7 rings (SSSR count). The van der Waals surface area contributed by atoms with Gasteiger partial charge in [0, 0.05) is 0 Å². The van der Waals surface area contributed by atoms with Crippen molar-refractivity contribution < 1.29 is 35.8 Å². The molecule has 0 radical (unpaired) electrons. The number of hydrogen-bond donors (Lipinski definition) is 0. The van der Waals surface area contributed by atoms with Crippen LogP contribution in [0.2, 0.25) is 0 Å². The van der Waals surface area contributed by atoms with Gasteiger partial charge in [-0.05, 0) is 140 Å². The Bertz CT molecular complexity index is 1990. The Balaban J connectivity index is 0.000000205. The number of aryl methyl sites for hydroxylation is 2. The summed E-state index contributed by atoms with van der Waals surface area (Å²) in [5, 5.41) is 0.140. The summed E-state index contributed by atoms with van der Waals surface area (Å²) in [6, 6.07) is 9.43. The van der Waals surface area contributed by atoms with E-state index in [-0.39, 0.29) is 27.8 Å². The van der Waals surface area contributed by atoms with Gasteiger partial charge < -0.3 is 9.47 Å². The Morgan fingerprint density at radius 3 is 1.57 bits per heavy atom. The van der Waals surface area contributed by atoms with Gasteiger partial charge in [-0.1, -0.05) is 110 Å². The van der Waals surface area contributed by atoms with Crippen LogP contribution in [0.5, 0.6) is 11.5 Å². The molecule has 4 aromatic carbocycles. The first-order valence-corrected chi connectivity index (χ1v) is 23.5. The molecule has 3 aliphatic carbocycles. The molecule has 330 valence electrons. The van der Waals surface area contributed by atoms with E-state index in [2.05, 4.69) is 13.8 Å². The lowest BCUT2D eigenvalue weighted by Gasteiger charge is -2.37. The average molecular weight is 839 g/mol. The summed E-state index contributed by atoms with van der Waals surface area (Å²) in [5.74, 6) is -1.62. The minimum atomic E-state index is -1.14. The first-order chi connectivity index (χ1) is 29.1. The van der Waals surface area contributed by atoms with E-state index >= 15 is 0 Å². The fourth-order valence-corrected chi connectivity index (χ4v) is 10.5. The molecule has 0 atom stereocenters. The summed E-state index contributed by atoms with van der Waals surface area (Å²) in [7, 11) is 0. The molecular formula is C52H68F6O2. The van der Waals surface area contributed by atoms with Crippen LogP contribution in [0, 0.1) is 70.4 Å². The molecule has 3 fully saturated rings. The van der Waals surface area contributed by atoms with Gasteiger partial charge in [-0.3, -0.25) is 0 Å². The number of benzene rings is 4. The van der Waals surface area contributed by atoms with Crippen LogP contribution in [0.15, 0.2) is 36.4 Å². The van der Waals surface area contributed by atoms with E-state index in [1.807, 2.05) is 6.92 Å². The second-order valence-electron chi connectivity index (χ2n) is 18.4. The van der Waals surface area contributed by atoms with Gasteiger partial charge in [0.05, 0.1) is 24.0 Å². The highest BCUT2D eigenvalue weighted by Gasteiger charge is 2.31. The zero-order valence-electron chi connectivity index (χ0n) is 36.6. The zero-order valence-corrected chi connectivity index (χ0v) is 36.6. The third kappa shape index (κ3) is 11.1. The molecule has 0 N–H and O–H groups in total. The number of halogens is 6. The van der Waals surface area contributed by atoms with Crippen LogP contribution in [0.4, 0.5) is 26.3 Å². The second-order valence-corrected chi connectivity index (χ2v) is 18.4. The molecule has 0 amide bonds. The maximum absolute atomic E-state index is 14.8. The third-order valence-electron chi connectivity index (χ3n) is 14.3. The largest absolute Gasteiger partial charge is 0.490 e. The van der Waals surface area contributed by atoms with Crippen molar-refractivity contribution >= 4 is 21.5 Å². The zero-order chi connectivity index (χ0) is 42.8. The maximum atomic E-state index is 14.8. The van der Waals surface area contributed by atoms with Crippen LogP contribution < -0.4 is 9.47 Å². The van der Waals surface area contributed by atoms with Crippen molar-refractivity contribution in [3.05, 3.63) is 82.4 Å². The lowest BCUT2D eigenvalue weighted by atomic mass is 9.69. The predicted molar refractivity (Wildman–Crippen MR) is 233 cm³/mol. The third-order valence-corrected chi connectivity index (χ3v) is 14.3. The molecule has 0 aliphatic heterocycles. The van der Waals surface area contributed by atoms with E-state index in [1.165, 1.54) is 102 Å². The molecule has 3 saturated carbocycles. The highest BCUT2D eigenvalue weighted by Crippen LogP contribution is 2.43. The number of hydrogen-bond acceptors (Lipinski definition) is 2. The van der Waals surface area contributed by atoms with E-state index in [0.717, 1.165) is 55.8 Å². The Morgan fingerprint density at radius 1 is 0.450 bits per heavy atom. The van der Waals surface area contributed by atoms with Crippen molar-refractivity contribution in [3.8, 4) is 11.5 Å². The molecule has 3 aliphatic rings. The number of ether oxygens (including phenoxy) is 2. The van der Waals surface area contributed by atoms with E-state index in [1.54, 1.807) is 25.1 Å². The van der Waals surface area contributed by atoms with Gasteiger partial charge in [0.15, 0.2) is 34.8 Å². The molecule has 4 aromatic rings. The van der Waals surface area contributed by atoms with Crippen molar-refractivity contribution in [2.45, 2.75) is 156 Å². The van der Waals surface area contributed by atoms with Crippen LogP contribution in [0.1, 0.15) is 154 Å². The molecule has 2 nitrogen and oxygen atoms in total. The molecule has 8 heteroatoms. The van der Waals surface area contributed by atoms with Gasteiger partial charge in [-0.2, -0.15) is 4.39 Å². The molecule has 0 heterocycles. The van der Waals surface area contributed by atoms with E-state index in [0.29, 0.717) is 54.2 Å². The van der Waals surface area contributed by atoms with Crippen molar-refractivity contribution in [2.75, 3.05) is 13.2 Å². The van der Waals surface area contributed by atoms with Crippen LogP contribution >= 0.6 is 0 Å². The Hall–Kier alpha value is -3.42. The maximum Gasteiger partial charge on any atom is 0.201 e. The average Bonchev–Trinajstić information content (AvgIpc) is 3.26. The Morgan fingerprint density at radius 2 is 0.967 bits per heavy atom. The van der Waals surface area contributed by atoms with Gasteiger partial charge in [0.1, 0.15) is 5.82 Å². The van der Waals surface area contributed by atoms with Gasteiger partial charge in [0.2, 0.25) is 5.82 Å². The van der Waals surface area contributed by atoms with Crippen LogP contribution in [-0.2, 0) is 12.8 Å². The van der Waals surface area contributed by atoms with Crippen molar-refractivity contribution in [1.29, 1.82) is 0 Å². The summed E-state index contributed by atoms with van der Waals surface area (Å²) < 4.78 is 98.8. The molecule has 60 heavy (non-hydrogen) atoms. The SMILES string of the molecule is CCCCC1CCC(COc2ccc3cc(CC)c(F)c(F)c3c2F)CC1.CCCc1ccc2cc(OCC3CCC(C4CCC(CCC)CC4)CC3)c(F)c(F)c2c1F. The number of rotatable bonds is 15. The van der Waals surface area contributed by atoms with Crippen molar-refractivity contribution in [1.82, 2.24) is 0 Å². The van der Waals surface area contributed by atoms with Gasteiger partial charge in [0.25, 0.3) is 0 Å². The molecule has 0 aromatic heterocycles. The fraction of sp³-hybridized carbons (Fsp3) is 0.615. The molecule has 0 spiro atoms. The second kappa shape index (κ2) is 22.1. The topological polar surface area (TPSA) is 18.5 Å². The summed E-state index contributed by atoms with van der Waals surface area (Å²) >= 11 is 0. The standard InChI is InChI=1S/C29H39F3O.C23H29F3O/c1-3-5-19-7-11-21(12-8-19)22-13-9-20(10-14-22)18-33-25-17-24-16-15-23(6-4-2)27(30)26(24)29(32)28(25)31;1-3-5-6-15-7-9-16(10-8-15)14-27-19-12-11-18-13-17(4-2)21(24)23(26)20(18)22(19)25/h15-17,19-22H,3-14,18H2,1-2H3;11-13,15-16H,3-10,14H2,1-2H3. The Labute approximate surface area is 355 Å². The van der Waals surface area contributed by atoms with Crippen LogP contribution in [0.3, 0.4) is 0 Å². The van der Waals surface area contributed by atoms with E-state index in [4.69, 9.17) is 9.47 Å².